The predicted molar refractivity (Wildman–Crippen MR) is 81.2 cm³/mol. The van der Waals surface area contributed by atoms with Gasteiger partial charge in [-0.3, -0.25) is 4.79 Å². The smallest absolute Gasteiger partial charge is 0.870 e. The minimum atomic E-state index is -0.529. The van der Waals surface area contributed by atoms with Crippen LogP contribution in [0.1, 0.15) is 15.9 Å². The zero-order valence-corrected chi connectivity index (χ0v) is 13.0. The van der Waals surface area contributed by atoms with Crippen LogP contribution in [0.4, 0.5) is 0 Å². The third kappa shape index (κ3) is 5.00. The molecule has 2 aromatic carbocycles. The van der Waals surface area contributed by atoms with Crippen LogP contribution in [0, 0.1) is 0 Å². The quantitative estimate of drug-likeness (QED) is 0.367. The first-order chi connectivity index (χ1) is 10.1. The monoisotopic (exact) mass is 367 g/mol. The van der Waals surface area contributed by atoms with Crippen molar-refractivity contribution in [2.45, 2.75) is 0 Å². The van der Waals surface area contributed by atoms with Crippen molar-refractivity contribution in [3.05, 3.63) is 53.6 Å². The van der Waals surface area contributed by atoms with Gasteiger partial charge in [0.05, 0.1) is 24.5 Å². The van der Waals surface area contributed by atoms with Gasteiger partial charge in [-0.15, -0.1) is 0 Å². The van der Waals surface area contributed by atoms with Gasteiger partial charge in [0.2, 0.25) is 5.75 Å². The van der Waals surface area contributed by atoms with E-state index in [-0.39, 0.29) is 39.6 Å². The van der Waals surface area contributed by atoms with E-state index in [1.54, 1.807) is 30.3 Å². The summed E-state index contributed by atoms with van der Waals surface area (Å²) < 4.78 is 5.03. The van der Waals surface area contributed by atoms with Crippen molar-refractivity contribution in [2.75, 3.05) is 7.11 Å². The van der Waals surface area contributed by atoms with Crippen molar-refractivity contribution < 1.29 is 42.3 Å². The predicted octanol–water partition coefficient (Wildman–Crippen LogP) is 1.42. The molecule has 1 radical (unpaired) electrons. The summed E-state index contributed by atoms with van der Waals surface area (Å²) in [5.41, 5.74) is 2.94. The molecular formula is C15H16CuN2O5+2. The largest absolute Gasteiger partial charge is 2.00 e. The van der Waals surface area contributed by atoms with E-state index in [0.29, 0.717) is 11.3 Å². The number of phenolic OH excluding ortho intramolecular Hbond substituents is 1. The molecule has 2 rings (SSSR count). The summed E-state index contributed by atoms with van der Waals surface area (Å²) in [5, 5.41) is 21.2. The van der Waals surface area contributed by atoms with Crippen LogP contribution in [-0.4, -0.2) is 34.9 Å². The first kappa shape index (κ1) is 20.5. The first-order valence-corrected chi connectivity index (χ1v) is 6.13. The second kappa shape index (κ2) is 9.47. The van der Waals surface area contributed by atoms with Crippen molar-refractivity contribution >= 4 is 12.1 Å². The maximum atomic E-state index is 11.8. The maximum Gasteiger partial charge on any atom is 2.00 e. The van der Waals surface area contributed by atoms with Gasteiger partial charge >= 0.3 is 22.8 Å². The molecule has 0 aliphatic carbocycles. The van der Waals surface area contributed by atoms with Gasteiger partial charge in [-0.2, -0.15) is 5.10 Å². The molecule has 0 atom stereocenters. The second-order valence-electron chi connectivity index (χ2n) is 4.14. The zero-order chi connectivity index (χ0) is 15.2. The summed E-state index contributed by atoms with van der Waals surface area (Å²) in [6.45, 7) is 0. The number of benzene rings is 2. The van der Waals surface area contributed by atoms with Crippen molar-refractivity contribution in [2.24, 2.45) is 5.10 Å². The van der Waals surface area contributed by atoms with E-state index in [0.717, 1.165) is 0 Å². The third-order valence-electron chi connectivity index (χ3n) is 2.80. The standard InChI is InChI=1S/C15H14N2O4.Cu.H2O/c1-21-13-8-4-5-10(14(13)19)9-16-17-15(20)11-6-2-3-7-12(11)18;;/h2-9,18-19H,1H3,(H,17,20);;1H2/q;+2;. The Balaban J connectivity index is 0.00000242. The van der Waals surface area contributed by atoms with Gasteiger partial charge in [-0.25, -0.2) is 5.43 Å². The van der Waals surface area contributed by atoms with E-state index in [1.165, 1.54) is 25.5 Å². The number of nitrogens with one attached hydrogen (secondary N) is 1. The summed E-state index contributed by atoms with van der Waals surface area (Å²) in [7, 11) is 1.48. The SMILES string of the molecule is COc1cccc(C=NNC(=O)c2ccccc2O)c1[OH2+].[Cu+2].[OH-]. The van der Waals surface area contributed by atoms with Crippen LogP contribution < -0.4 is 10.2 Å². The molecule has 8 heteroatoms. The molecule has 0 spiro atoms. The minimum Gasteiger partial charge on any atom is -0.870 e. The average Bonchev–Trinajstić information content (AvgIpc) is 2.49. The summed E-state index contributed by atoms with van der Waals surface area (Å²) >= 11 is 0. The van der Waals surface area contributed by atoms with E-state index in [1.807, 2.05) is 0 Å². The molecule has 0 saturated heterocycles. The average molecular weight is 368 g/mol. The molecule has 1 amide bonds. The number of para-hydroxylation sites is 2. The van der Waals surface area contributed by atoms with Crippen LogP contribution >= 0.6 is 0 Å². The van der Waals surface area contributed by atoms with E-state index >= 15 is 0 Å². The number of carbonyl (C=O) groups excluding carboxylic acids is 1. The van der Waals surface area contributed by atoms with Crippen molar-refractivity contribution in [3.63, 3.8) is 0 Å². The summed E-state index contributed by atoms with van der Waals surface area (Å²) in [6, 6.07) is 11.2. The van der Waals surface area contributed by atoms with Crippen molar-refractivity contribution in [3.8, 4) is 17.2 Å². The fourth-order valence-electron chi connectivity index (χ4n) is 1.71. The van der Waals surface area contributed by atoms with Gasteiger partial charge < -0.3 is 20.4 Å². The van der Waals surface area contributed by atoms with Crippen LogP contribution in [0.5, 0.6) is 17.2 Å². The molecule has 0 aromatic heterocycles. The molecule has 125 valence electrons. The van der Waals surface area contributed by atoms with Gasteiger partial charge in [0.1, 0.15) is 5.75 Å². The summed E-state index contributed by atoms with van der Waals surface area (Å²) in [6.07, 6.45) is 1.35. The topological polar surface area (TPSA) is 124 Å². The molecule has 0 unspecified atom stereocenters. The molecule has 0 saturated carbocycles. The Bertz CT molecular complexity index is 691. The number of aromatic hydroxyl groups is 1. The summed E-state index contributed by atoms with van der Waals surface area (Å²) in [5.74, 6) is -0.0434. The molecular weight excluding hydrogens is 352 g/mol. The number of nitrogens with zero attached hydrogens (tertiary/aromatic N) is 1. The fourth-order valence-corrected chi connectivity index (χ4v) is 1.71. The Morgan fingerprint density at radius 1 is 1.26 bits per heavy atom. The van der Waals surface area contributed by atoms with Gasteiger partial charge in [0, 0.05) is 0 Å². The molecule has 2 aromatic rings. The Hall–Kier alpha value is -2.54. The Kier molecular flexibility index (Phi) is 8.43. The minimum absolute atomic E-state index is 0. The van der Waals surface area contributed by atoms with Crippen molar-refractivity contribution in [1.29, 1.82) is 0 Å². The van der Waals surface area contributed by atoms with Crippen LogP contribution in [0.3, 0.4) is 0 Å². The molecule has 5 N–H and O–H groups in total. The van der Waals surface area contributed by atoms with E-state index in [9.17, 15) is 9.90 Å². The molecule has 0 fully saturated rings. The Morgan fingerprint density at radius 2 is 1.96 bits per heavy atom. The number of carbonyl (C=O) groups is 1. The van der Waals surface area contributed by atoms with Gasteiger partial charge in [-0.05, 0) is 24.3 Å². The van der Waals surface area contributed by atoms with E-state index in [2.05, 4.69) is 10.5 Å². The number of hydrogen-bond donors (Lipinski definition) is 2. The van der Waals surface area contributed by atoms with Crippen LogP contribution in [-0.2, 0) is 17.1 Å². The maximum absolute atomic E-state index is 11.8. The van der Waals surface area contributed by atoms with Crippen LogP contribution in [0.15, 0.2) is 47.6 Å². The van der Waals surface area contributed by atoms with E-state index in [4.69, 9.17) is 9.84 Å². The fraction of sp³-hybridized carbons (Fsp3) is 0.0667. The van der Waals surface area contributed by atoms with Crippen molar-refractivity contribution in [1.82, 2.24) is 5.43 Å². The number of hydrazone groups is 1. The molecule has 0 aliphatic rings. The normalized spacial score (nSPS) is 9.61. The molecule has 0 aliphatic heterocycles. The van der Waals surface area contributed by atoms with Crippen LogP contribution in [0.2, 0.25) is 0 Å². The number of amides is 1. The first-order valence-electron chi connectivity index (χ1n) is 6.13. The van der Waals surface area contributed by atoms with Gasteiger partial charge in [-0.1, -0.05) is 18.2 Å². The molecule has 0 heterocycles. The Labute approximate surface area is 143 Å². The van der Waals surface area contributed by atoms with Crippen LogP contribution in [0.25, 0.3) is 0 Å². The van der Waals surface area contributed by atoms with E-state index < -0.39 is 5.91 Å². The number of ether oxygens (including phenoxy) is 1. The molecule has 0 bridgehead atoms. The number of phenols is 1. The Morgan fingerprint density at radius 3 is 2.61 bits per heavy atom. The van der Waals surface area contributed by atoms with Gasteiger partial charge in [0.25, 0.3) is 5.91 Å². The third-order valence-corrected chi connectivity index (χ3v) is 2.80. The number of rotatable bonds is 4. The molecule has 23 heavy (non-hydrogen) atoms. The second-order valence-corrected chi connectivity index (χ2v) is 4.14. The number of methoxy groups -OCH3 is 1. The van der Waals surface area contributed by atoms with Gasteiger partial charge in [0.15, 0.2) is 0 Å². The molecule has 7 nitrogen and oxygen atoms in total. The number of hydrogen-bond acceptors (Lipinski definition) is 5. The zero-order valence-electron chi connectivity index (χ0n) is 12.1. The summed E-state index contributed by atoms with van der Waals surface area (Å²) in [4.78, 5) is 11.8.